The first-order chi connectivity index (χ1) is 10.2. The maximum Gasteiger partial charge on any atom is 0.352 e. The number of ether oxygens (including phenoxy) is 1. The van der Waals surface area contributed by atoms with Crippen LogP contribution in [0, 0.1) is 11.3 Å². The molecule has 0 bridgehead atoms. The molecule has 1 amide bonds. The Morgan fingerprint density at radius 3 is 2.41 bits per heavy atom. The summed E-state index contributed by atoms with van der Waals surface area (Å²) in [4.78, 5) is 11.8. The number of aliphatic hydroxyl groups is 1. The van der Waals surface area contributed by atoms with Crippen molar-refractivity contribution in [1.82, 2.24) is 5.32 Å². The van der Waals surface area contributed by atoms with Crippen LogP contribution in [0.1, 0.15) is 52.4 Å². The number of nitrogens with one attached hydrogen (secondary N) is 1. The van der Waals surface area contributed by atoms with Gasteiger partial charge in [-0.25, -0.2) is 0 Å². The summed E-state index contributed by atoms with van der Waals surface area (Å²) in [7, 11) is 0. The lowest BCUT2D eigenvalue weighted by molar-refractivity contribution is -0.216. The predicted molar refractivity (Wildman–Crippen MR) is 78.7 cm³/mol. The highest BCUT2D eigenvalue weighted by Gasteiger charge is 2.61. The highest BCUT2D eigenvalue weighted by molar-refractivity contribution is 5.85. The van der Waals surface area contributed by atoms with Crippen LogP contribution >= 0.6 is 0 Å². The molecule has 0 radical (unpaired) electrons. The maximum atomic E-state index is 14.0. The predicted octanol–water partition coefficient (Wildman–Crippen LogP) is 2.50. The zero-order chi connectivity index (χ0) is 16.4. The molecule has 128 valence electrons. The number of alkyl halides is 2. The van der Waals surface area contributed by atoms with Gasteiger partial charge in [-0.2, -0.15) is 8.78 Å². The fourth-order valence-corrected chi connectivity index (χ4v) is 3.27. The van der Waals surface area contributed by atoms with Gasteiger partial charge >= 0.3 is 5.92 Å². The van der Waals surface area contributed by atoms with Gasteiger partial charge in [-0.05, 0) is 49.9 Å². The van der Waals surface area contributed by atoms with Gasteiger partial charge in [0.2, 0.25) is 0 Å². The molecule has 0 atom stereocenters. The van der Waals surface area contributed by atoms with Gasteiger partial charge in [0.15, 0.2) is 0 Å². The molecule has 1 aliphatic heterocycles. The van der Waals surface area contributed by atoms with Crippen molar-refractivity contribution in [2.24, 2.45) is 11.3 Å². The average Bonchev–Trinajstić information content (AvgIpc) is 2.42. The summed E-state index contributed by atoms with van der Waals surface area (Å²) < 4.78 is 33.3. The summed E-state index contributed by atoms with van der Waals surface area (Å²) in [5.41, 5.74) is -2.40. The molecular formula is C16H27F2NO3. The molecule has 1 aliphatic carbocycles. The van der Waals surface area contributed by atoms with Crippen molar-refractivity contribution in [2.45, 2.75) is 63.9 Å². The molecule has 2 fully saturated rings. The molecule has 0 unspecified atom stereocenters. The molecule has 0 aromatic heterocycles. The molecule has 1 heterocycles. The van der Waals surface area contributed by atoms with E-state index in [-0.39, 0.29) is 24.8 Å². The van der Waals surface area contributed by atoms with Crippen LogP contribution < -0.4 is 5.32 Å². The Kier molecular flexibility index (Phi) is 5.12. The average molecular weight is 319 g/mol. The van der Waals surface area contributed by atoms with Crippen LogP contribution in [0.25, 0.3) is 0 Å². The molecule has 2 aliphatic rings. The molecule has 2 rings (SSSR count). The number of carbonyl (C=O) groups excluding carboxylic acids is 1. The molecule has 0 aromatic carbocycles. The Labute approximate surface area is 130 Å². The van der Waals surface area contributed by atoms with Gasteiger partial charge in [-0.3, -0.25) is 4.79 Å². The molecule has 2 N–H and O–H groups in total. The monoisotopic (exact) mass is 319 g/mol. The van der Waals surface area contributed by atoms with Crippen molar-refractivity contribution in [1.29, 1.82) is 0 Å². The highest BCUT2D eigenvalue weighted by atomic mass is 19.3. The van der Waals surface area contributed by atoms with Crippen LogP contribution in [-0.2, 0) is 9.53 Å². The molecule has 0 aromatic rings. The van der Waals surface area contributed by atoms with Gasteiger partial charge in [0.1, 0.15) is 5.60 Å². The third kappa shape index (κ3) is 3.77. The lowest BCUT2D eigenvalue weighted by atomic mass is 9.75. The topological polar surface area (TPSA) is 58.6 Å². The van der Waals surface area contributed by atoms with E-state index >= 15 is 0 Å². The van der Waals surface area contributed by atoms with Crippen molar-refractivity contribution in [3.63, 3.8) is 0 Å². The normalized spacial score (nSPS) is 23.0. The molecule has 22 heavy (non-hydrogen) atoms. The van der Waals surface area contributed by atoms with Crippen molar-refractivity contribution in [3.8, 4) is 0 Å². The minimum absolute atomic E-state index is 0.0150. The largest absolute Gasteiger partial charge is 0.383 e. The second kappa shape index (κ2) is 6.40. The SMILES string of the molecule is CC(C)(CNC(=O)C(F)(F)C1(O)CCC1)CC1CCOCC1. The van der Waals surface area contributed by atoms with E-state index in [1.165, 1.54) is 0 Å². The summed E-state index contributed by atoms with van der Waals surface area (Å²) in [6.07, 6.45) is 3.33. The van der Waals surface area contributed by atoms with E-state index in [1.54, 1.807) is 0 Å². The van der Waals surface area contributed by atoms with Gasteiger partial charge in [0.25, 0.3) is 5.91 Å². The summed E-state index contributed by atoms with van der Waals surface area (Å²) in [6, 6.07) is 0. The molecule has 4 nitrogen and oxygen atoms in total. The smallest absolute Gasteiger partial charge is 0.352 e. The lowest BCUT2D eigenvalue weighted by Gasteiger charge is -2.42. The van der Waals surface area contributed by atoms with Gasteiger partial charge in [-0.1, -0.05) is 13.8 Å². The van der Waals surface area contributed by atoms with E-state index in [1.807, 2.05) is 13.8 Å². The number of halogens is 2. The number of hydrogen-bond donors (Lipinski definition) is 2. The lowest BCUT2D eigenvalue weighted by Crippen LogP contribution is -2.61. The number of amides is 1. The van der Waals surface area contributed by atoms with Crippen LogP contribution in [0.4, 0.5) is 8.78 Å². The van der Waals surface area contributed by atoms with E-state index in [2.05, 4.69) is 5.32 Å². The van der Waals surface area contributed by atoms with E-state index in [0.29, 0.717) is 12.3 Å². The third-order valence-corrected chi connectivity index (χ3v) is 4.96. The number of carbonyl (C=O) groups is 1. The van der Waals surface area contributed by atoms with Gasteiger partial charge in [0.05, 0.1) is 0 Å². The van der Waals surface area contributed by atoms with Crippen LogP contribution in [0.15, 0.2) is 0 Å². The molecule has 0 spiro atoms. The van der Waals surface area contributed by atoms with Crippen LogP contribution in [0.3, 0.4) is 0 Å². The quantitative estimate of drug-likeness (QED) is 0.791. The standard InChI is InChI=1S/C16H27F2NO3/c1-14(2,10-12-4-8-22-9-5-12)11-19-13(20)16(17,18)15(21)6-3-7-15/h12,21H,3-11H2,1-2H3,(H,19,20). The van der Waals surface area contributed by atoms with Crippen LogP contribution in [0.2, 0.25) is 0 Å². The Balaban J connectivity index is 1.83. The molecule has 1 saturated heterocycles. The Morgan fingerprint density at radius 2 is 1.91 bits per heavy atom. The van der Waals surface area contributed by atoms with Crippen LogP contribution in [0.5, 0.6) is 0 Å². The van der Waals surface area contributed by atoms with Crippen molar-refractivity contribution >= 4 is 5.91 Å². The first-order valence-electron chi connectivity index (χ1n) is 8.13. The summed E-state index contributed by atoms with van der Waals surface area (Å²) in [5, 5.41) is 12.1. The van der Waals surface area contributed by atoms with Crippen LogP contribution in [-0.4, -0.2) is 42.3 Å². The fourth-order valence-electron chi connectivity index (χ4n) is 3.27. The number of rotatable bonds is 6. The van der Waals surface area contributed by atoms with Crippen molar-refractivity contribution < 1.29 is 23.4 Å². The molecule has 1 saturated carbocycles. The zero-order valence-corrected chi connectivity index (χ0v) is 13.5. The summed E-state index contributed by atoms with van der Waals surface area (Å²) in [5.74, 6) is -4.55. The van der Waals surface area contributed by atoms with E-state index < -0.39 is 17.4 Å². The minimum Gasteiger partial charge on any atom is -0.383 e. The fraction of sp³-hybridized carbons (Fsp3) is 0.938. The Bertz CT molecular complexity index is 402. The van der Waals surface area contributed by atoms with E-state index in [4.69, 9.17) is 4.74 Å². The van der Waals surface area contributed by atoms with Gasteiger partial charge < -0.3 is 15.2 Å². The van der Waals surface area contributed by atoms with Crippen molar-refractivity contribution in [3.05, 3.63) is 0 Å². The first-order valence-corrected chi connectivity index (χ1v) is 8.13. The second-order valence-electron chi connectivity index (χ2n) is 7.57. The first kappa shape index (κ1) is 17.6. The molecule has 6 heteroatoms. The Morgan fingerprint density at radius 1 is 1.32 bits per heavy atom. The summed E-state index contributed by atoms with van der Waals surface area (Å²) >= 11 is 0. The summed E-state index contributed by atoms with van der Waals surface area (Å²) in [6.45, 7) is 5.63. The Hall–Kier alpha value is -0.750. The highest BCUT2D eigenvalue weighted by Crippen LogP contribution is 2.44. The van der Waals surface area contributed by atoms with Crippen molar-refractivity contribution in [2.75, 3.05) is 19.8 Å². The minimum atomic E-state index is -3.71. The second-order valence-corrected chi connectivity index (χ2v) is 7.57. The number of hydrogen-bond acceptors (Lipinski definition) is 3. The molecular weight excluding hydrogens is 292 g/mol. The third-order valence-electron chi connectivity index (χ3n) is 4.96. The van der Waals surface area contributed by atoms with E-state index in [0.717, 1.165) is 32.5 Å². The maximum absolute atomic E-state index is 14.0. The van der Waals surface area contributed by atoms with Gasteiger partial charge in [-0.15, -0.1) is 0 Å². The van der Waals surface area contributed by atoms with Gasteiger partial charge in [0, 0.05) is 19.8 Å². The zero-order valence-electron chi connectivity index (χ0n) is 13.5. The van der Waals surface area contributed by atoms with E-state index in [9.17, 15) is 18.7 Å².